The molecule has 0 unspecified atom stereocenters. The van der Waals surface area contributed by atoms with Crippen molar-refractivity contribution in [2.24, 2.45) is 0 Å². The molecule has 16 heavy (non-hydrogen) atoms. The summed E-state index contributed by atoms with van der Waals surface area (Å²) < 4.78 is 3.15. The average Bonchev–Trinajstić information content (AvgIpc) is 2.66. The fourth-order valence-electron chi connectivity index (χ4n) is 1.82. The lowest BCUT2D eigenvalue weighted by Gasteiger charge is -2.04. The number of imidazole rings is 1. The summed E-state index contributed by atoms with van der Waals surface area (Å²) in [6.07, 6.45) is 0. The molecule has 0 fully saturated rings. The van der Waals surface area contributed by atoms with Crippen molar-refractivity contribution in [2.75, 3.05) is 0 Å². The van der Waals surface area contributed by atoms with Crippen molar-refractivity contribution in [1.82, 2.24) is 9.55 Å². The standard InChI is InChI=1S/C13H9IN2/c14-13-15-11-8-4-5-9-12(11)16(13)10-6-2-1-3-7-10/h1-9H. The molecule has 1 heterocycles. The summed E-state index contributed by atoms with van der Waals surface area (Å²) in [7, 11) is 0. The predicted molar refractivity (Wildman–Crippen MR) is 73.8 cm³/mol. The van der Waals surface area contributed by atoms with Gasteiger partial charge in [0.25, 0.3) is 0 Å². The molecule has 0 radical (unpaired) electrons. The lowest BCUT2D eigenvalue weighted by atomic mass is 10.3. The third-order valence-corrected chi connectivity index (χ3v) is 3.26. The largest absolute Gasteiger partial charge is 0.288 e. The van der Waals surface area contributed by atoms with E-state index in [2.05, 4.69) is 50.3 Å². The third kappa shape index (κ3) is 1.51. The maximum Gasteiger partial charge on any atom is 0.177 e. The van der Waals surface area contributed by atoms with Gasteiger partial charge < -0.3 is 0 Å². The van der Waals surface area contributed by atoms with Gasteiger partial charge >= 0.3 is 0 Å². The molecule has 2 nitrogen and oxygen atoms in total. The van der Waals surface area contributed by atoms with Crippen LogP contribution in [0.15, 0.2) is 54.6 Å². The van der Waals surface area contributed by atoms with Crippen LogP contribution >= 0.6 is 22.6 Å². The highest BCUT2D eigenvalue weighted by atomic mass is 127. The number of benzene rings is 2. The first-order valence-corrected chi connectivity index (χ1v) is 6.12. The highest BCUT2D eigenvalue weighted by Crippen LogP contribution is 2.21. The summed E-state index contributed by atoms with van der Waals surface area (Å²) in [5, 5.41) is 0. The number of fused-ring (bicyclic) bond motifs is 1. The molecule has 1 aromatic heterocycles. The fourth-order valence-corrected chi connectivity index (χ4v) is 2.62. The number of hydrogen-bond donors (Lipinski definition) is 0. The summed E-state index contributed by atoms with van der Waals surface area (Å²) in [6, 6.07) is 18.5. The van der Waals surface area contributed by atoms with Crippen LogP contribution in [0.1, 0.15) is 0 Å². The van der Waals surface area contributed by atoms with Crippen LogP contribution in [0.25, 0.3) is 16.7 Å². The van der Waals surface area contributed by atoms with Gasteiger partial charge in [-0.25, -0.2) is 4.98 Å². The third-order valence-electron chi connectivity index (χ3n) is 2.53. The van der Waals surface area contributed by atoms with E-state index in [1.165, 1.54) is 0 Å². The van der Waals surface area contributed by atoms with Gasteiger partial charge in [0.15, 0.2) is 3.83 Å². The van der Waals surface area contributed by atoms with Gasteiger partial charge in [0, 0.05) is 28.3 Å². The van der Waals surface area contributed by atoms with Gasteiger partial charge in [0.1, 0.15) is 0 Å². The van der Waals surface area contributed by atoms with Gasteiger partial charge in [0.2, 0.25) is 0 Å². The Morgan fingerprint density at radius 1 is 0.875 bits per heavy atom. The molecular formula is C13H9IN2. The van der Waals surface area contributed by atoms with Crippen molar-refractivity contribution < 1.29 is 0 Å². The lowest BCUT2D eigenvalue weighted by molar-refractivity contribution is 1.04. The van der Waals surface area contributed by atoms with Crippen molar-refractivity contribution in [3.8, 4) is 5.69 Å². The van der Waals surface area contributed by atoms with E-state index in [0.717, 1.165) is 20.6 Å². The van der Waals surface area contributed by atoms with Crippen LogP contribution in [0, 0.1) is 3.83 Å². The molecule has 0 saturated heterocycles. The van der Waals surface area contributed by atoms with E-state index < -0.39 is 0 Å². The minimum Gasteiger partial charge on any atom is -0.288 e. The van der Waals surface area contributed by atoms with Gasteiger partial charge in [-0.2, -0.15) is 0 Å². The first-order valence-electron chi connectivity index (χ1n) is 5.05. The number of para-hydroxylation sites is 3. The molecule has 0 spiro atoms. The highest BCUT2D eigenvalue weighted by Gasteiger charge is 2.08. The Labute approximate surface area is 107 Å². The van der Waals surface area contributed by atoms with E-state index >= 15 is 0 Å². The van der Waals surface area contributed by atoms with Crippen LogP contribution in [0.3, 0.4) is 0 Å². The molecule has 0 aliphatic carbocycles. The van der Waals surface area contributed by atoms with Crippen LogP contribution in [0.4, 0.5) is 0 Å². The smallest absolute Gasteiger partial charge is 0.177 e. The Morgan fingerprint density at radius 3 is 2.38 bits per heavy atom. The molecular weight excluding hydrogens is 311 g/mol. The van der Waals surface area contributed by atoms with Gasteiger partial charge in [-0.05, 0) is 24.3 Å². The first-order chi connectivity index (χ1) is 7.86. The van der Waals surface area contributed by atoms with Crippen molar-refractivity contribution in [3.05, 3.63) is 58.4 Å². The molecule has 0 amide bonds. The summed E-state index contributed by atoms with van der Waals surface area (Å²) in [5.41, 5.74) is 3.34. The second-order valence-corrected chi connectivity index (χ2v) is 4.51. The van der Waals surface area contributed by atoms with Crippen LogP contribution < -0.4 is 0 Å². The average molecular weight is 320 g/mol. The lowest BCUT2D eigenvalue weighted by Crippen LogP contribution is -1.95. The SMILES string of the molecule is Ic1nc2ccccc2n1-c1ccccc1. The quantitative estimate of drug-likeness (QED) is 0.626. The number of halogens is 1. The summed E-state index contributed by atoms with van der Waals surface area (Å²) in [6.45, 7) is 0. The van der Waals surface area contributed by atoms with Gasteiger partial charge in [0.05, 0.1) is 11.0 Å². The van der Waals surface area contributed by atoms with E-state index in [-0.39, 0.29) is 0 Å². The Balaban J connectivity index is 2.35. The Bertz CT molecular complexity index is 629. The van der Waals surface area contributed by atoms with E-state index in [1.54, 1.807) is 0 Å². The summed E-state index contributed by atoms with van der Waals surface area (Å²) in [4.78, 5) is 4.54. The van der Waals surface area contributed by atoms with Crippen molar-refractivity contribution >= 4 is 33.6 Å². The molecule has 78 valence electrons. The molecule has 2 aromatic carbocycles. The molecule has 0 bridgehead atoms. The van der Waals surface area contributed by atoms with E-state index in [0.29, 0.717) is 0 Å². The van der Waals surface area contributed by atoms with E-state index in [4.69, 9.17) is 0 Å². The van der Waals surface area contributed by atoms with E-state index in [1.807, 2.05) is 36.4 Å². The number of hydrogen-bond acceptors (Lipinski definition) is 1. The molecule has 3 aromatic rings. The van der Waals surface area contributed by atoms with Crippen LogP contribution in [-0.4, -0.2) is 9.55 Å². The topological polar surface area (TPSA) is 17.8 Å². The Morgan fingerprint density at radius 2 is 1.56 bits per heavy atom. The van der Waals surface area contributed by atoms with Gasteiger partial charge in [-0.1, -0.05) is 30.3 Å². The fraction of sp³-hybridized carbons (Fsp3) is 0. The van der Waals surface area contributed by atoms with Crippen molar-refractivity contribution in [3.63, 3.8) is 0 Å². The maximum atomic E-state index is 4.54. The zero-order chi connectivity index (χ0) is 11.0. The Hall–Kier alpha value is -1.36. The maximum absolute atomic E-state index is 4.54. The van der Waals surface area contributed by atoms with Gasteiger partial charge in [-0.3, -0.25) is 4.57 Å². The first kappa shape index (κ1) is 9.84. The summed E-state index contributed by atoms with van der Waals surface area (Å²) in [5.74, 6) is 0. The normalized spacial score (nSPS) is 10.8. The van der Waals surface area contributed by atoms with Crippen molar-refractivity contribution in [1.29, 1.82) is 0 Å². The molecule has 0 N–H and O–H groups in total. The number of aromatic nitrogens is 2. The highest BCUT2D eigenvalue weighted by molar-refractivity contribution is 14.1. The van der Waals surface area contributed by atoms with Crippen molar-refractivity contribution in [2.45, 2.75) is 0 Å². The summed E-state index contributed by atoms with van der Waals surface area (Å²) >= 11 is 2.27. The van der Waals surface area contributed by atoms with Gasteiger partial charge in [-0.15, -0.1) is 0 Å². The van der Waals surface area contributed by atoms with Crippen LogP contribution in [0.2, 0.25) is 0 Å². The monoisotopic (exact) mass is 320 g/mol. The minimum absolute atomic E-state index is 0.991. The Kier molecular flexibility index (Phi) is 2.40. The zero-order valence-corrected chi connectivity index (χ0v) is 10.6. The second-order valence-electron chi connectivity index (χ2n) is 3.54. The number of rotatable bonds is 1. The molecule has 0 aliphatic heterocycles. The molecule has 3 heteroatoms. The molecule has 0 atom stereocenters. The minimum atomic E-state index is 0.991. The predicted octanol–water partition coefficient (Wildman–Crippen LogP) is 3.63. The molecule has 0 saturated carbocycles. The van der Waals surface area contributed by atoms with Crippen LogP contribution in [-0.2, 0) is 0 Å². The molecule has 3 rings (SSSR count). The molecule has 0 aliphatic rings. The number of nitrogens with zero attached hydrogens (tertiary/aromatic N) is 2. The zero-order valence-electron chi connectivity index (χ0n) is 8.47. The van der Waals surface area contributed by atoms with Crippen LogP contribution in [0.5, 0.6) is 0 Å². The van der Waals surface area contributed by atoms with E-state index in [9.17, 15) is 0 Å². The second kappa shape index (κ2) is 3.90.